The molecule has 0 fully saturated rings. The van der Waals surface area contributed by atoms with Crippen molar-refractivity contribution in [2.24, 2.45) is 0 Å². The zero-order valence-electron chi connectivity index (χ0n) is 11.6. The molecule has 1 aliphatic rings. The molecule has 1 unspecified atom stereocenters. The number of hydrogen-bond acceptors (Lipinski definition) is 2. The van der Waals surface area contributed by atoms with Gasteiger partial charge >= 0.3 is 0 Å². The second kappa shape index (κ2) is 5.00. The monoisotopic (exact) mass is 267 g/mol. The molecule has 102 valence electrons. The summed E-state index contributed by atoms with van der Waals surface area (Å²) in [5.74, 6) is 1.01. The van der Waals surface area contributed by atoms with Crippen LogP contribution < -0.4 is 10.1 Å². The predicted molar refractivity (Wildman–Crippen MR) is 79.0 cm³/mol. The first kappa shape index (κ1) is 12.7. The fraction of sp³-hybridized carbons (Fsp3) is 0.235. The number of amides is 1. The van der Waals surface area contributed by atoms with Crippen molar-refractivity contribution in [1.29, 1.82) is 0 Å². The molecule has 0 saturated heterocycles. The maximum Gasteiger partial charge on any atom is 0.270 e. The van der Waals surface area contributed by atoms with Gasteiger partial charge in [0.05, 0.1) is 5.69 Å². The van der Waals surface area contributed by atoms with Crippen molar-refractivity contribution in [3.8, 4) is 5.75 Å². The molecule has 3 nitrogen and oxygen atoms in total. The highest BCUT2D eigenvalue weighted by Gasteiger charge is 2.30. The zero-order valence-corrected chi connectivity index (χ0v) is 11.6. The van der Waals surface area contributed by atoms with E-state index in [2.05, 4.69) is 19.2 Å². The summed E-state index contributed by atoms with van der Waals surface area (Å²) in [7, 11) is 0. The molecule has 1 amide bonds. The van der Waals surface area contributed by atoms with Gasteiger partial charge in [0, 0.05) is 5.56 Å². The summed E-state index contributed by atoms with van der Waals surface area (Å²) in [6.45, 7) is 4.24. The molecule has 1 N–H and O–H groups in total. The third-order valence-corrected chi connectivity index (χ3v) is 3.50. The van der Waals surface area contributed by atoms with Crippen LogP contribution in [-0.4, -0.2) is 5.91 Å². The molecule has 0 bridgehead atoms. The Bertz CT molecular complexity index is 635. The molecule has 0 radical (unpaired) electrons. The Morgan fingerprint density at radius 2 is 1.80 bits per heavy atom. The smallest absolute Gasteiger partial charge is 0.270 e. The molecule has 0 saturated carbocycles. The van der Waals surface area contributed by atoms with Crippen molar-refractivity contribution < 1.29 is 9.53 Å². The van der Waals surface area contributed by atoms with Gasteiger partial charge in [0.2, 0.25) is 6.10 Å². The van der Waals surface area contributed by atoms with Crippen LogP contribution in [-0.2, 0) is 4.79 Å². The van der Waals surface area contributed by atoms with Crippen molar-refractivity contribution in [2.45, 2.75) is 25.9 Å². The van der Waals surface area contributed by atoms with E-state index in [9.17, 15) is 4.79 Å². The number of hydrogen-bond donors (Lipinski definition) is 1. The molecule has 0 spiro atoms. The minimum Gasteiger partial charge on any atom is -0.473 e. The van der Waals surface area contributed by atoms with E-state index in [4.69, 9.17) is 4.74 Å². The van der Waals surface area contributed by atoms with E-state index < -0.39 is 6.10 Å². The molecule has 0 aliphatic carbocycles. The maximum absolute atomic E-state index is 12.2. The van der Waals surface area contributed by atoms with Crippen molar-refractivity contribution in [3.63, 3.8) is 0 Å². The number of anilines is 1. The lowest BCUT2D eigenvalue weighted by atomic mass is 9.99. The van der Waals surface area contributed by atoms with Crippen molar-refractivity contribution >= 4 is 11.6 Å². The molecule has 2 aromatic carbocycles. The van der Waals surface area contributed by atoms with Gasteiger partial charge in [-0.3, -0.25) is 4.79 Å². The number of carbonyl (C=O) groups excluding carboxylic acids is 1. The van der Waals surface area contributed by atoms with E-state index in [1.54, 1.807) is 0 Å². The number of rotatable bonds is 2. The third-order valence-electron chi connectivity index (χ3n) is 3.50. The lowest BCUT2D eigenvalue weighted by Gasteiger charge is -2.28. The molecule has 0 aromatic heterocycles. The van der Waals surface area contributed by atoms with Gasteiger partial charge < -0.3 is 10.1 Å². The Morgan fingerprint density at radius 3 is 2.50 bits per heavy atom. The highest BCUT2D eigenvalue weighted by molar-refractivity contribution is 5.98. The highest BCUT2D eigenvalue weighted by Crippen LogP contribution is 2.40. The van der Waals surface area contributed by atoms with E-state index in [-0.39, 0.29) is 5.91 Å². The van der Waals surface area contributed by atoms with Crippen LogP contribution in [0.15, 0.2) is 48.5 Å². The minimum absolute atomic E-state index is 0.121. The largest absolute Gasteiger partial charge is 0.473 e. The first-order valence-electron chi connectivity index (χ1n) is 6.82. The normalized spacial score (nSPS) is 17.4. The van der Waals surface area contributed by atoms with Crippen LogP contribution in [0.2, 0.25) is 0 Å². The molecule has 1 heterocycles. The quantitative estimate of drug-likeness (QED) is 0.896. The van der Waals surface area contributed by atoms with Crippen molar-refractivity contribution in [1.82, 2.24) is 0 Å². The number of ether oxygens (including phenoxy) is 1. The van der Waals surface area contributed by atoms with Gasteiger partial charge in [-0.25, -0.2) is 0 Å². The summed E-state index contributed by atoms with van der Waals surface area (Å²) in [6, 6.07) is 15.4. The summed E-state index contributed by atoms with van der Waals surface area (Å²) in [4.78, 5) is 12.2. The van der Waals surface area contributed by atoms with Crippen LogP contribution in [0, 0.1) is 0 Å². The molecule has 2 aromatic rings. The van der Waals surface area contributed by atoms with Gasteiger partial charge in [-0.2, -0.15) is 0 Å². The average Bonchev–Trinajstić information content (AvgIpc) is 2.46. The van der Waals surface area contributed by atoms with E-state index >= 15 is 0 Å². The lowest BCUT2D eigenvalue weighted by molar-refractivity contribution is -0.123. The van der Waals surface area contributed by atoms with Crippen LogP contribution >= 0.6 is 0 Å². The SMILES string of the molecule is CC(C)c1cccc2c1OC(c1ccccc1)C(=O)N2. The first-order chi connectivity index (χ1) is 9.66. The molecule has 1 aliphatic heterocycles. The molecule has 1 atom stereocenters. The van der Waals surface area contributed by atoms with E-state index in [0.29, 0.717) is 5.92 Å². The number of nitrogens with one attached hydrogen (secondary N) is 1. The van der Waals surface area contributed by atoms with E-state index in [1.807, 2.05) is 48.5 Å². The van der Waals surface area contributed by atoms with Crippen LogP contribution in [0.5, 0.6) is 5.75 Å². The fourth-order valence-corrected chi connectivity index (χ4v) is 2.46. The van der Waals surface area contributed by atoms with Gasteiger partial charge in [-0.05, 0) is 17.5 Å². The van der Waals surface area contributed by atoms with Gasteiger partial charge in [-0.1, -0.05) is 56.3 Å². The molecular weight excluding hydrogens is 250 g/mol. The summed E-state index contributed by atoms with van der Waals surface area (Å²) in [5, 5.41) is 2.94. The number of carbonyl (C=O) groups is 1. The predicted octanol–water partition coefficient (Wildman–Crippen LogP) is 3.88. The first-order valence-corrected chi connectivity index (χ1v) is 6.82. The topological polar surface area (TPSA) is 38.3 Å². The minimum atomic E-state index is -0.580. The van der Waals surface area contributed by atoms with Crippen LogP contribution in [0.4, 0.5) is 5.69 Å². The molecule has 3 heteroatoms. The summed E-state index contributed by atoms with van der Waals surface area (Å²) >= 11 is 0. The van der Waals surface area contributed by atoms with Gasteiger partial charge in [0.1, 0.15) is 5.75 Å². The Kier molecular flexibility index (Phi) is 3.18. The fourth-order valence-electron chi connectivity index (χ4n) is 2.46. The van der Waals surface area contributed by atoms with Gasteiger partial charge in [0.15, 0.2) is 0 Å². The Morgan fingerprint density at radius 1 is 1.05 bits per heavy atom. The lowest BCUT2D eigenvalue weighted by Crippen LogP contribution is -2.30. The second-order valence-corrected chi connectivity index (χ2v) is 5.28. The number of benzene rings is 2. The zero-order chi connectivity index (χ0) is 14.1. The van der Waals surface area contributed by atoms with Crippen molar-refractivity contribution in [2.75, 3.05) is 5.32 Å². The Hall–Kier alpha value is -2.29. The number of para-hydroxylation sites is 1. The van der Waals surface area contributed by atoms with Crippen LogP contribution in [0.1, 0.15) is 37.0 Å². The summed E-state index contributed by atoms with van der Waals surface area (Å²) in [6.07, 6.45) is -0.580. The summed E-state index contributed by atoms with van der Waals surface area (Å²) < 4.78 is 6.01. The second-order valence-electron chi connectivity index (χ2n) is 5.28. The summed E-state index contributed by atoms with van der Waals surface area (Å²) in [5.41, 5.74) is 2.74. The Balaban J connectivity index is 2.03. The maximum atomic E-state index is 12.2. The van der Waals surface area contributed by atoms with Crippen LogP contribution in [0.3, 0.4) is 0 Å². The molecule has 20 heavy (non-hydrogen) atoms. The average molecular weight is 267 g/mol. The highest BCUT2D eigenvalue weighted by atomic mass is 16.5. The standard InChI is InChI=1S/C17H17NO2/c1-11(2)13-9-6-10-14-16(13)20-15(17(19)18-14)12-7-4-3-5-8-12/h3-11,15H,1-2H3,(H,18,19). The third kappa shape index (κ3) is 2.16. The van der Waals surface area contributed by atoms with Crippen molar-refractivity contribution in [3.05, 3.63) is 59.7 Å². The van der Waals surface area contributed by atoms with Gasteiger partial charge in [0.25, 0.3) is 5.91 Å². The van der Waals surface area contributed by atoms with E-state index in [0.717, 1.165) is 22.6 Å². The van der Waals surface area contributed by atoms with E-state index in [1.165, 1.54) is 0 Å². The molecular formula is C17H17NO2. The number of fused-ring (bicyclic) bond motifs is 1. The van der Waals surface area contributed by atoms with Crippen LogP contribution in [0.25, 0.3) is 0 Å². The Labute approximate surface area is 118 Å². The van der Waals surface area contributed by atoms with Gasteiger partial charge in [-0.15, -0.1) is 0 Å². The molecule has 3 rings (SSSR count).